The Kier molecular flexibility index (Phi) is 5.66. The van der Waals surface area contributed by atoms with Crippen LogP contribution in [0, 0.1) is 0 Å². The number of nitrogens with one attached hydrogen (secondary N) is 1. The van der Waals surface area contributed by atoms with Crippen molar-refractivity contribution in [3.8, 4) is 17.2 Å². The maximum absolute atomic E-state index is 12.1. The molecule has 1 aliphatic heterocycles. The van der Waals surface area contributed by atoms with Crippen LogP contribution in [0.3, 0.4) is 0 Å². The molecule has 25 heavy (non-hydrogen) atoms. The third-order valence-electron chi connectivity index (χ3n) is 3.98. The minimum Gasteiger partial charge on any atom is -0.495 e. The lowest BCUT2D eigenvalue weighted by molar-refractivity contribution is -0.121. The number of carbonyl (C=O) groups excluding carboxylic acids is 1. The standard InChI is InChI=1S/C19H20ClNO4/c1-23-16-7-5-13(11-15(16)20)6-8-18(22)21-12-14-3-2-4-17-19(14)25-10-9-24-17/h2-5,7,11H,6,8-10,12H2,1H3,(H,21,22). The van der Waals surface area contributed by atoms with Gasteiger partial charge in [-0.25, -0.2) is 0 Å². The molecular formula is C19H20ClNO4. The molecule has 1 heterocycles. The van der Waals surface area contributed by atoms with Gasteiger partial charge in [0, 0.05) is 18.5 Å². The van der Waals surface area contributed by atoms with E-state index in [0.717, 1.165) is 22.6 Å². The van der Waals surface area contributed by atoms with Gasteiger partial charge in [0.2, 0.25) is 5.91 Å². The number of para-hydroxylation sites is 1. The summed E-state index contributed by atoms with van der Waals surface area (Å²) in [6.07, 6.45) is 0.997. The number of hydrogen-bond donors (Lipinski definition) is 1. The highest BCUT2D eigenvalue weighted by Gasteiger charge is 2.15. The summed E-state index contributed by atoms with van der Waals surface area (Å²) in [7, 11) is 1.57. The van der Waals surface area contributed by atoms with Gasteiger partial charge in [-0.1, -0.05) is 29.8 Å². The van der Waals surface area contributed by atoms with Crippen molar-refractivity contribution in [2.24, 2.45) is 0 Å². The second kappa shape index (κ2) is 8.12. The topological polar surface area (TPSA) is 56.8 Å². The predicted molar refractivity (Wildman–Crippen MR) is 95.6 cm³/mol. The molecule has 0 fully saturated rings. The molecule has 0 saturated heterocycles. The highest BCUT2D eigenvalue weighted by Crippen LogP contribution is 2.33. The fraction of sp³-hybridized carbons (Fsp3) is 0.316. The van der Waals surface area contributed by atoms with E-state index in [-0.39, 0.29) is 5.91 Å². The first-order valence-corrected chi connectivity index (χ1v) is 8.52. The Morgan fingerprint density at radius 2 is 2.08 bits per heavy atom. The highest BCUT2D eigenvalue weighted by atomic mass is 35.5. The lowest BCUT2D eigenvalue weighted by atomic mass is 10.1. The van der Waals surface area contributed by atoms with Crippen LogP contribution < -0.4 is 19.5 Å². The molecule has 1 amide bonds. The molecule has 5 nitrogen and oxygen atoms in total. The zero-order valence-corrected chi connectivity index (χ0v) is 14.8. The van der Waals surface area contributed by atoms with Crippen LogP contribution in [0.15, 0.2) is 36.4 Å². The van der Waals surface area contributed by atoms with E-state index >= 15 is 0 Å². The lowest BCUT2D eigenvalue weighted by Gasteiger charge is -2.21. The van der Waals surface area contributed by atoms with Crippen molar-refractivity contribution in [3.05, 3.63) is 52.5 Å². The smallest absolute Gasteiger partial charge is 0.220 e. The highest BCUT2D eigenvalue weighted by molar-refractivity contribution is 6.32. The Labute approximate surface area is 151 Å². The number of rotatable bonds is 6. The molecule has 0 spiro atoms. The fourth-order valence-electron chi connectivity index (χ4n) is 2.68. The van der Waals surface area contributed by atoms with E-state index in [0.29, 0.717) is 43.4 Å². The van der Waals surface area contributed by atoms with E-state index in [4.69, 9.17) is 25.8 Å². The zero-order valence-electron chi connectivity index (χ0n) is 14.0. The van der Waals surface area contributed by atoms with Crippen LogP contribution in [0.1, 0.15) is 17.5 Å². The number of amides is 1. The van der Waals surface area contributed by atoms with Gasteiger partial charge in [-0.15, -0.1) is 0 Å². The maximum atomic E-state index is 12.1. The van der Waals surface area contributed by atoms with Crippen LogP contribution in [0.4, 0.5) is 0 Å². The van der Waals surface area contributed by atoms with Crippen molar-refractivity contribution in [2.45, 2.75) is 19.4 Å². The maximum Gasteiger partial charge on any atom is 0.220 e. The summed E-state index contributed by atoms with van der Waals surface area (Å²) in [5.74, 6) is 2.05. The Morgan fingerprint density at radius 1 is 1.24 bits per heavy atom. The molecule has 0 aliphatic carbocycles. The molecule has 0 bridgehead atoms. The molecular weight excluding hydrogens is 342 g/mol. The van der Waals surface area contributed by atoms with Gasteiger partial charge in [-0.2, -0.15) is 0 Å². The summed E-state index contributed by atoms with van der Waals surface area (Å²) < 4.78 is 16.3. The molecule has 2 aromatic rings. The van der Waals surface area contributed by atoms with Crippen molar-refractivity contribution >= 4 is 17.5 Å². The average molecular weight is 362 g/mol. The van der Waals surface area contributed by atoms with Crippen LogP contribution in [0.2, 0.25) is 5.02 Å². The van der Waals surface area contributed by atoms with Crippen molar-refractivity contribution in [1.29, 1.82) is 0 Å². The normalized spacial score (nSPS) is 12.6. The zero-order chi connectivity index (χ0) is 17.6. The summed E-state index contributed by atoms with van der Waals surface area (Å²) in [6.45, 7) is 1.48. The first-order valence-electron chi connectivity index (χ1n) is 8.14. The third-order valence-corrected chi connectivity index (χ3v) is 4.28. The van der Waals surface area contributed by atoms with Gasteiger partial charge in [0.25, 0.3) is 0 Å². The summed E-state index contributed by atoms with van der Waals surface area (Å²) in [4.78, 5) is 12.1. The second-order valence-corrected chi connectivity index (χ2v) is 6.09. The molecule has 0 unspecified atom stereocenters. The van der Waals surface area contributed by atoms with E-state index in [1.54, 1.807) is 7.11 Å². The molecule has 0 atom stereocenters. The van der Waals surface area contributed by atoms with E-state index < -0.39 is 0 Å². The molecule has 3 rings (SSSR count). The number of methoxy groups -OCH3 is 1. The summed E-state index contributed by atoms with van der Waals surface area (Å²) in [5, 5.41) is 3.47. The van der Waals surface area contributed by atoms with E-state index in [1.807, 2.05) is 36.4 Å². The van der Waals surface area contributed by atoms with Gasteiger partial charge >= 0.3 is 0 Å². The largest absolute Gasteiger partial charge is 0.495 e. The quantitative estimate of drug-likeness (QED) is 0.857. The number of benzene rings is 2. The molecule has 0 saturated carbocycles. The molecule has 2 aromatic carbocycles. The minimum atomic E-state index is -0.0266. The lowest BCUT2D eigenvalue weighted by Crippen LogP contribution is -2.24. The van der Waals surface area contributed by atoms with Crippen LogP contribution >= 0.6 is 11.6 Å². The predicted octanol–water partition coefficient (Wildman–Crippen LogP) is 3.37. The van der Waals surface area contributed by atoms with Crippen molar-refractivity contribution in [2.75, 3.05) is 20.3 Å². The molecule has 132 valence electrons. The van der Waals surface area contributed by atoms with Crippen molar-refractivity contribution in [3.63, 3.8) is 0 Å². The number of aryl methyl sites for hydroxylation is 1. The van der Waals surface area contributed by atoms with Crippen LogP contribution in [0.25, 0.3) is 0 Å². The monoisotopic (exact) mass is 361 g/mol. The minimum absolute atomic E-state index is 0.0266. The Bertz CT molecular complexity index is 763. The first kappa shape index (κ1) is 17.4. The fourth-order valence-corrected chi connectivity index (χ4v) is 2.96. The second-order valence-electron chi connectivity index (χ2n) is 5.69. The van der Waals surface area contributed by atoms with E-state index in [1.165, 1.54) is 0 Å². The average Bonchev–Trinajstić information content (AvgIpc) is 2.64. The Hall–Kier alpha value is -2.40. The number of ether oxygens (including phenoxy) is 3. The van der Waals surface area contributed by atoms with Gasteiger partial charge in [-0.3, -0.25) is 4.79 Å². The van der Waals surface area contributed by atoms with Gasteiger partial charge < -0.3 is 19.5 Å². The van der Waals surface area contributed by atoms with Gasteiger partial charge in [0.1, 0.15) is 19.0 Å². The number of hydrogen-bond acceptors (Lipinski definition) is 4. The number of halogens is 1. The summed E-state index contributed by atoms with van der Waals surface area (Å²) >= 11 is 6.10. The van der Waals surface area contributed by atoms with Gasteiger partial charge in [-0.05, 0) is 30.2 Å². The van der Waals surface area contributed by atoms with Gasteiger partial charge in [0.15, 0.2) is 11.5 Å². The van der Waals surface area contributed by atoms with E-state index in [9.17, 15) is 4.79 Å². The van der Waals surface area contributed by atoms with Crippen LogP contribution in [-0.2, 0) is 17.8 Å². The molecule has 1 aliphatic rings. The molecule has 0 radical (unpaired) electrons. The SMILES string of the molecule is COc1ccc(CCC(=O)NCc2cccc3c2OCCO3)cc1Cl. The van der Waals surface area contributed by atoms with Gasteiger partial charge in [0.05, 0.1) is 12.1 Å². The number of carbonyl (C=O) groups is 1. The molecule has 1 N–H and O–H groups in total. The van der Waals surface area contributed by atoms with E-state index in [2.05, 4.69) is 5.32 Å². The van der Waals surface area contributed by atoms with Crippen LogP contribution in [0.5, 0.6) is 17.2 Å². The third kappa shape index (κ3) is 4.37. The Morgan fingerprint density at radius 3 is 2.88 bits per heavy atom. The first-order chi connectivity index (χ1) is 12.2. The summed E-state index contributed by atoms with van der Waals surface area (Å²) in [5.41, 5.74) is 1.91. The number of fused-ring (bicyclic) bond motifs is 1. The van der Waals surface area contributed by atoms with Crippen molar-refractivity contribution < 1.29 is 19.0 Å². The Balaban J connectivity index is 1.53. The molecule has 0 aromatic heterocycles. The van der Waals surface area contributed by atoms with Crippen molar-refractivity contribution in [1.82, 2.24) is 5.32 Å². The molecule has 6 heteroatoms. The van der Waals surface area contributed by atoms with Crippen LogP contribution in [-0.4, -0.2) is 26.2 Å². The summed E-state index contributed by atoms with van der Waals surface area (Å²) in [6, 6.07) is 11.2.